The van der Waals surface area contributed by atoms with Crippen LogP contribution in [0.2, 0.25) is 0 Å². The molecule has 2 N–H and O–H groups in total. The van der Waals surface area contributed by atoms with Crippen LogP contribution in [0.4, 0.5) is 0 Å². The van der Waals surface area contributed by atoms with Crippen LogP contribution in [0.5, 0.6) is 0 Å². The molecular weight excluding hydrogens is 268 g/mol. The number of rotatable bonds is 3. The van der Waals surface area contributed by atoms with Gasteiger partial charge in [0.1, 0.15) is 5.69 Å². The molecule has 16 heavy (non-hydrogen) atoms. The first-order valence-corrected chi connectivity index (χ1v) is 5.94. The van der Waals surface area contributed by atoms with Gasteiger partial charge < -0.3 is 5.73 Å². The topological polar surface area (TPSA) is 56.7 Å². The number of nitrogens with two attached hydrogens (primary N) is 1. The molecule has 1 aromatic heterocycles. The van der Waals surface area contributed by atoms with Gasteiger partial charge >= 0.3 is 0 Å². The number of hydrogen-bond acceptors (Lipinski definition) is 3. The molecule has 84 valence electrons. The summed E-state index contributed by atoms with van der Waals surface area (Å²) in [6, 6.07) is 8.01. The van der Waals surface area contributed by atoms with Crippen LogP contribution >= 0.6 is 15.9 Å². The second kappa shape index (κ2) is 4.76. The molecule has 4 nitrogen and oxygen atoms in total. The number of nitrogens with zero attached hydrogens (tertiary/aromatic N) is 3. The number of aryl methyl sites for hydroxylation is 1. The van der Waals surface area contributed by atoms with Crippen LogP contribution in [0.25, 0.3) is 11.3 Å². The molecule has 1 aromatic carbocycles. The Morgan fingerprint density at radius 3 is 2.75 bits per heavy atom. The molecule has 0 radical (unpaired) electrons. The molecule has 0 bridgehead atoms. The van der Waals surface area contributed by atoms with Crippen molar-refractivity contribution in [1.29, 1.82) is 0 Å². The van der Waals surface area contributed by atoms with Crippen LogP contribution in [0.15, 0.2) is 28.7 Å². The van der Waals surface area contributed by atoms with E-state index in [0.29, 0.717) is 6.54 Å². The first-order valence-electron chi connectivity index (χ1n) is 5.15. The minimum absolute atomic E-state index is 0.399. The predicted molar refractivity (Wildman–Crippen MR) is 66.7 cm³/mol. The van der Waals surface area contributed by atoms with Crippen molar-refractivity contribution in [3.63, 3.8) is 0 Å². The first-order chi connectivity index (χ1) is 7.77. The second-order valence-electron chi connectivity index (χ2n) is 3.38. The molecule has 0 saturated heterocycles. The summed E-state index contributed by atoms with van der Waals surface area (Å²) in [5.41, 5.74) is 8.58. The Kier molecular flexibility index (Phi) is 3.36. The van der Waals surface area contributed by atoms with Gasteiger partial charge in [0.05, 0.1) is 5.69 Å². The summed E-state index contributed by atoms with van der Waals surface area (Å²) in [5, 5.41) is 8.18. The molecule has 2 aromatic rings. The Hall–Kier alpha value is -1.20. The maximum absolute atomic E-state index is 5.67. The molecule has 0 aliphatic heterocycles. The summed E-state index contributed by atoms with van der Waals surface area (Å²) in [5.74, 6) is 0. The van der Waals surface area contributed by atoms with Crippen LogP contribution in [0.3, 0.4) is 0 Å². The van der Waals surface area contributed by atoms with E-state index in [1.165, 1.54) is 0 Å². The molecular formula is C11H13BrN4. The van der Waals surface area contributed by atoms with Crippen LogP contribution < -0.4 is 5.73 Å². The molecule has 0 amide bonds. The quantitative estimate of drug-likeness (QED) is 0.938. The highest BCUT2D eigenvalue weighted by Gasteiger charge is 2.14. The van der Waals surface area contributed by atoms with Gasteiger partial charge in [0.15, 0.2) is 0 Å². The monoisotopic (exact) mass is 280 g/mol. The number of benzene rings is 1. The normalized spacial score (nSPS) is 10.7. The second-order valence-corrected chi connectivity index (χ2v) is 4.24. The SMILES string of the molecule is CCn1nnc(CN)c1-c1ccccc1Br. The summed E-state index contributed by atoms with van der Waals surface area (Å²) in [6.45, 7) is 3.22. The molecule has 2 rings (SSSR count). The van der Waals surface area contributed by atoms with E-state index in [1.54, 1.807) is 0 Å². The van der Waals surface area contributed by atoms with Gasteiger partial charge in [-0.2, -0.15) is 0 Å². The summed E-state index contributed by atoms with van der Waals surface area (Å²) in [4.78, 5) is 0. The van der Waals surface area contributed by atoms with Crippen molar-refractivity contribution in [3.8, 4) is 11.3 Å². The Morgan fingerprint density at radius 1 is 1.38 bits per heavy atom. The van der Waals surface area contributed by atoms with Gasteiger partial charge in [-0.3, -0.25) is 0 Å². The smallest absolute Gasteiger partial charge is 0.104 e. The van der Waals surface area contributed by atoms with Gasteiger partial charge in [0.25, 0.3) is 0 Å². The zero-order valence-electron chi connectivity index (χ0n) is 9.02. The van der Waals surface area contributed by atoms with Gasteiger partial charge in [-0.1, -0.05) is 39.3 Å². The average Bonchev–Trinajstić information content (AvgIpc) is 2.72. The van der Waals surface area contributed by atoms with Crippen molar-refractivity contribution in [1.82, 2.24) is 15.0 Å². The van der Waals surface area contributed by atoms with Crippen molar-refractivity contribution in [2.45, 2.75) is 20.0 Å². The molecule has 0 atom stereocenters. The van der Waals surface area contributed by atoms with E-state index in [9.17, 15) is 0 Å². The van der Waals surface area contributed by atoms with E-state index in [4.69, 9.17) is 5.73 Å². The van der Waals surface area contributed by atoms with Gasteiger partial charge in [0, 0.05) is 23.1 Å². The number of hydrogen-bond donors (Lipinski definition) is 1. The summed E-state index contributed by atoms with van der Waals surface area (Å²) in [6.07, 6.45) is 0. The molecule has 1 heterocycles. The standard InChI is InChI=1S/C11H13BrN4/c1-2-16-11(10(7-13)14-15-16)8-5-3-4-6-9(8)12/h3-6H,2,7,13H2,1H3. The average molecular weight is 281 g/mol. The summed E-state index contributed by atoms with van der Waals surface area (Å²) >= 11 is 3.53. The van der Waals surface area contributed by atoms with Gasteiger partial charge in [-0.25, -0.2) is 4.68 Å². The van der Waals surface area contributed by atoms with E-state index < -0.39 is 0 Å². The number of aromatic nitrogens is 3. The van der Waals surface area contributed by atoms with Gasteiger partial charge in [0.2, 0.25) is 0 Å². The van der Waals surface area contributed by atoms with Crippen molar-refractivity contribution in [2.24, 2.45) is 5.73 Å². The lowest BCUT2D eigenvalue weighted by Gasteiger charge is -2.07. The Labute approximate surface area is 103 Å². The fourth-order valence-electron chi connectivity index (χ4n) is 1.66. The Balaban J connectivity index is 2.62. The van der Waals surface area contributed by atoms with Crippen molar-refractivity contribution < 1.29 is 0 Å². The highest BCUT2D eigenvalue weighted by molar-refractivity contribution is 9.10. The van der Waals surface area contributed by atoms with Crippen molar-refractivity contribution in [3.05, 3.63) is 34.4 Å². The van der Waals surface area contributed by atoms with Crippen LogP contribution in [0, 0.1) is 0 Å². The fraction of sp³-hybridized carbons (Fsp3) is 0.273. The third-order valence-corrected chi connectivity index (χ3v) is 3.12. The Morgan fingerprint density at radius 2 is 2.12 bits per heavy atom. The van der Waals surface area contributed by atoms with Crippen LogP contribution in [-0.4, -0.2) is 15.0 Å². The maximum Gasteiger partial charge on any atom is 0.104 e. The van der Waals surface area contributed by atoms with Gasteiger partial charge in [-0.15, -0.1) is 5.10 Å². The third kappa shape index (κ3) is 1.88. The lowest BCUT2D eigenvalue weighted by molar-refractivity contribution is 0.632. The largest absolute Gasteiger partial charge is 0.325 e. The molecule has 0 saturated carbocycles. The highest BCUT2D eigenvalue weighted by atomic mass is 79.9. The molecule has 0 fully saturated rings. The zero-order chi connectivity index (χ0) is 11.5. The van der Waals surface area contributed by atoms with Gasteiger partial charge in [-0.05, 0) is 13.0 Å². The van der Waals surface area contributed by atoms with E-state index in [0.717, 1.165) is 28.0 Å². The minimum Gasteiger partial charge on any atom is -0.325 e. The van der Waals surface area contributed by atoms with Crippen molar-refractivity contribution >= 4 is 15.9 Å². The van der Waals surface area contributed by atoms with E-state index in [1.807, 2.05) is 35.9 Å². The zero-order valence-corrected chi connectivity index (χ0v) is 10.6. The molecule has 5 heteroatoms. The summed E-state index contributed by atoms with van der Waals surface area (Å²) in [7, 11) is 0. The molecule has 0 aliphatic rings. The molecule has 0 spiro atoms. The Bertz CT molecular complexity index is 471. The third-order valence-electron chi connectivity index (χ3n) is 2.43. The van der Waals surface area contributed by atoms with E-state index >= 15 is 0 Å². The lowest BCUT2D eigenvalue weighted by Crippen LogP contribution is -2.03. The minimum atomic E-state index is 0.399. The van der Waals surface area contributed by atoms with Crippen LogP contribution in [-0.2, 0) is 13.1 Å². The lowest BCUT2D eigenvalue weighted by atomic mass is 10.1. The molecule has 0 unspecified atom stereocenters. The maximum atomic E-state index is 5.67. The highest BCUT2D eigenvalue weighted by Crippen LogP contribution is 2.29. The van der Waals surface area contributed by atoms with E-state index in [2.05, 4.69) is 26.2 Å². The van der Waals surface area contributed by atoms with Crippen LogP contribution in [0.1, 0.15) is 12.6 Å². The summed E-state index contributed by atoms with van der Waals surface area (Å²) < 4.78 is 2.89. The number of halogens is 1. The fourth-order valence-corrected chi connectivity index (χ4v) is 2.13. The first kappa shape index (κ1) is 11.3. The predicted octanol–water partition coefficient (Wildman–Crippen LogP) is 2.19. The molecule has 0 aliphatic carbocycles. The van der Waals surface area contributed by atoms with Crippen molar-refractivity contribution in [2.75, 3.05) is 0 Å². The van der Waals surface area contributed by atoms with E-state index in [-0.39, 0.29) is 0 Å².